The number of aryl methyl sites for hydroxylation is 2. The molecule has 158 valence electrons. The molecule has 0 amide bonds. The van der Waals surface area contributed by atoms with Crippen molar-refractivity contribution in [3.05, 3.63) is 79.8 Å². The van der Waals surface area contributed by atoms with Crippen molar-refractivity contribution in [3.63, 3.8) is 0 Å². The predicted molar refractivity (Wildman–Crippen MR) is 132 cm³/mol. The molecule has 1 aromatic rings. The Morgan fingerprint density at radius 3 is 2.17 bits per heavy atom. The minimum absolute atomic E-state index is 0.176. The fourth-order valence-electron chi connectivity index (χ4n) is 6.50. The van der Waals surface area contributed by atoms with Crippen LogP contribution in [0.3, 0.4) is 0 Å². The zero-order valence-electron chi connectivity index (χ0n) is 19.9. The fourth-order valence-corrected chi connectivity index (χ4v) is 6.50. The molecular weight excluding hydrogens is 360 g/mol. The maximum absolute atomic E-state index is 2.56. The first kappa shape index (κ1) is 21.2. The van der Waals surface area contributed by atoms with Crippen molar-refractivity contribution in [3.8, 4) is 0 Å². The summed E-state index contributed by atoms with van der Waals surface area (Å²) >= 11 is 0. The number of hydrogen-bond donors (Lipinski definition) is 0. The summed E-state index contributed by atoms with van der Waals surface area (Å²) in [7, 11) is 0. The smallest absolute Gasteiger partial charge is 0.0171 e. The first-order valence-electron chi connectivity index (χ1n) is 12.3. The van der Waals surface area contributed by atoms with Gasteiger partial charge in [0.25, 0.3) is 0 Å². The summed E-state index contributed by atoms with van der Waals surface area (Å²) in [6.07, 6.45) is 17.5. The highest BCUT2D eigenvalue weighted by atomic mass is 14.5. The van der Waals surface area contributed by atoms with Crippen molar-refractivity contribution >= 4 is 11.6 Å². The number of fused-ring (bicyclic) bond motifs is 2. The summed E-state index contributed by atoms with van der Waals surface area (Å²) < 4.78 is 0. The van der Waals surface area contributed by atoms with Crippen LogP contribution >= 0.6 is 0 Å². The number of hydrogen-bond acceptors (Lipinski definition) is 0. The maximum atomic E-state index is 2.56. The zero-order chi connectivity index (χ0) is 21.5. The Morgan fingerprint density at radius 2 is 1.63 bits per heavy atom. The van der Waals surface area contributed by atoms with E-state index in [-0.39, 0.29) is 5.41 Å². The van der Waals surface area contributed by atoms with Crippen LogP contribution < -0.4 is 10.4 Å². The van der Waals surface area contributed by atoms with E-state index in [9.17, 15) is 0 Å². The standard InChI is InChI=1S/C30H38/c1-7-20-17-21(8-2)27-23(18-20)19-25-28(27)24(9-3)26(10-4)30(11-5,12-6)29(25)22-15-13-14-16-22/h13-15,17-19H,7-12,16H2,1-6H3. The largest absolute Gasteiger partial charge is 0.0801 e. The van der Waals surface area contributed by atoms with Gasteiger partial charge in [-0.2, -0.15) is 0 Å². The van der Waals surface area contributed by atoms with Crippen LogP contribution in [0.5, 0.6) is 0 Å². The Labute approximate surface area is 183 Å². The van der Waals surface area contributed by atoms with Gasteiger partial charge in [-0.05, 0) is 100 Å². The van der Waals surface area contributed by atoms with Gasteiger partial charge in [-0.3, -0.25) is 0 Å². The molecule has 0 saturated heterocycles. The van der Waals surface area contributed by atoms with E-state index in [2.05, 4.69) is 78.0 Å². The molecule has 3 aliphatic rings. The van der Waals surface area contributed by atoms with Crippen molar-refractivity contribution in [2.75, 3.05) is 0 Å². The first-order chi connectivity index (χ1) is 14.6. The van der Waals surface area contributed by atoms with Crippen molar-refractivity contribution < 1.29 is 0 Å². The average molecular weight is 399 g/mol. The van der Waals surface area contributed by atoms with Crippen LogP contribution in [0.25, 0.3) is 11.6 Å². The highest BCUT2D eigenvalue weighted by molar-refractivity contribution is 5.96. The minimum Gasteiger partial charge on any atom is -0.0801 e. The van der Waals surface area contributed by atoms with E-state index in [4.69, 9.17) is 0 Å². The molecule has 0 nitrogen and oxygen atoms in total. The van der Waals surface area contributed by atoms with Crippen LogP contribution in [-0.2, 0) is 12.8 Å². The van der Waals surface area contributed by atoms with Crippen LogP contribution in [0.4, 0.5) is 0 Å². The molecule has 0 unspecified atom stereocenters. The summed E-state index contributed by atoms with van der Waals surface area (Å²) in [5.74, 6) is 0. The van der Waals surface area contributed by atoms with Crippen LogP contribution in [0.15, 0.2) is 58.2 Å². The van der Waals surface area contributed by atoms with Gasteiger partial charge in [-0.25, -0.2) is 0 Å². The van der Waals surface area contributed by atoms with Gasteiger partial charge in [0, 0.05) is 5.41 Å². The molecule has 0 bridgehead atoms. The third-order valence-corrected chi connectivity index (χ3v) is 7.92. The predicted octanol–water partition coefficient (Wildman–Crippen LogP) is 6.88. The second-order valence-corrected chi connectivity index (χ2v) is 9.01. The molecule has 0 saturated carbocycles. The fraction of sp³-hybridized carbons (Fsp3) is 0.467. The highest BCUT2D eigenvalue weighted by Gasteiger charge is 2.43. The molecule has 0 heterocycles. The second-order valence-electron chi connectivity index (χ2n) is 9.01. The van der Waals surface area contributed by atoms with Gasteiger partial charge in [-0.15, -0.1) is 0 Å². The van der Waals surface area contributed by atoms with Gasteiger partial charge in [0.1, 0.15) is 0 Å². The molecule has 0 heteroatoms. The molecule has 1 aromatic carbocycles. The lowest BCUT2D eigenvalue weighted by Crippen LogP contribution is -2.33. The summed E-state index contributed by atoms with van der Waals surface area (Å²) in [6.45, 7) is 14.2. The van der Waals surface area contributed by atoms with Gasteiger partial charge in [0.2, 0.25) is 0 Å². The summed E-state index contributed by atoms with van der Waals surface area (Å²) in [5, 5.41) is 3.00. The SMILES string of the molecule is CCC1=C(CC)C(CC)(CC)C(C2=CC=CC2)=C2C=c3cc(CC)cc(CC)c3=C21. The lowest BCUT2D eigenvalue weighted by Gasteiger charge is -2.44. The third-order valence-electron chi connectivity index (χ3n) is 7.92. The van der Waals surface area contributed by atoms with E-state index < -0.39 is 0 Å². The lowest BCUT2D eigenvalue weighted by molar-refractivity contribution is 0.383. The molecule has 0 N–H and O–H groups in total. The summed E-state index contributed by atoms with van der Waals surface area (Å²) in [5.41, 5.74) is 12.8. The number of rotatable bonds is 7. The van der Waals surface area contributed by atoms with E-state index in [1.807, 2.05) is 0 Å². The molecule has 0 radical (unpaired) electrons. The molecule has 0 aliphatic heterocycles. The zero-order valence-corrected chi connectivity index (χ0v) is 19.9. The molecule has 30 heavy (non-hydrogen) atoms. The maximum Gasteiger partial charge on any atom is 0.0171 e. The van der Waals surface area contributed by atoms with Crippen molar-refractivity contribution in [2.24, 2.45) is 5.41 Å². The van der Waals surface area contributed by atoms with Gasteiger partial charge >= 0.3 is 0 Å². The van der Waals surface area contributed by atoms with Crippen molar-refractivity contribution in [1.29, 1.82) is 0 Å². The Kier molecular flexibility index (Phi) is 5.80. The summed E-state index contributed by atoms with van der Waals surface area (Å²) in [6, 6.07) is 4.93. The van der Waals surface area contributed by atoms with Gasteiger partial charge in [0.05, 0.1) is 0 Å². The first-order valence-corrected chi connectivity index (χ1v) is 12.3. The van der Waals surface area contributed by atoms with Crippen LogP contribution in [-0.4, -0.2) is 0 Å². The summed E-state index contributed by atoms with van der Waals surface area (Å²) in [4.78, 5) is 0. The van der Waals surface area contributed by atoms with Crippen LogP contribution in [0.1, 0.15) is 84.8 Å². The topological polar surface area (TPSA) is 0 Å². The monoisotopic (exact) mass is 398 g/mol. The third kappa shape index (κ3) is 2.87. The van der Waals surface area contributed by atoms with Crippen molar-refractivity contribution in [2.45, 2.75) is 86.5 Å². The average Bonchev–Trinajstić information content (AvgIpc) is 3.44. The molecule has 0 atom stereocenters. The highest BCUT2D eigenvalue weighted by Crippen LogP contribution is 2.57. The van der Waals surface area contributed by atoms with Crippen LogP contribution in [0.2, 0.25) is 0 Å². The van der Waals surface area contributed by atoms with E-state index in [0.29, 0.717) is 0 Å². The Balaban J connectivity index is 2.21. The molecular formula is C30H38. The second kappa shape index (κ2) is 8.22. The van der Waals surface area contributed by atoms with E-state index in [1.54, 1.807) is 33.4 Å². The van der Waals surface area contributed by atoms with E-state index >= 15 is 0 Å². The minimum atomic E-state index is 0.176. The van der Waals surface area contributed by atoms with Gasteiger partial charge in [0.15, 0.2) is 0 Å². The van der Waals surface area contributed by atoms with Crippen LogP contribution in [0, 0.1) is 5.41 Å². The van der Waals surface area contributed by atoms with E-state index in [0.717, 1.165) is 32.1 Å². The molecule has 0 aromatic heterocycles. The molecule has 0 spiro atoms. The van der Waals surface area contributed by atoms with Gasteiger partial charge < -0.3 is 0 Å². The van der Waals surface area contributed by atoms with Crippen molar-refractivity contribution in [1.82, 2.24) is 0 Å². The molecule has 3 aliphatic carbocycles. The normalized spacial score (nSPS) is 19.3. The lowest BCUT2D eigenvalue weighted by atomic mass is 9.59. The quantitative estimate of drug-likeness (QED) is 0.470. The number of allylic oxidation sites excluding steroid dienone is 8. The number of benzene rings is 1. The Morgan fingerprint density at radius 1 is 0.867 bits per heavy atom. The van der Waals surface area contributed by atoms with Gasteiger partial charge in [-0.1, -0.05) is 77.5 Å². The van der Waals surface area contributed by atoms with E-state index in [1.165, 1.54) is 34.4 Å². The Hall–Kier alpha value is -2.08. The molecule has 4 rings (SSSR count). The Bertz CT molecular complexity index is 1110. The molecule has 0 fully saturated rings.